The molecule has 1 radical (unpaired) electrons. The molecule has 65 valence electrons. The molecule has 2 aromatic rings. The molecule has 1 aromatic heterocycles. The van der Waals surface area contributed by atoms with Crippen LogP contribution in [-0.2, 0) is 0 Å². The number of nitrogens with zero attached hydrogens (tertiary/aromatic N) is 2. The first-order chi connectivity index (χ1) is 6.95. The van der Waals surface area contributed by atoms with Gasteiger partial charge in [0.05, 0.1) is 6.20 Å². The van der Waals surface area contributed by atoms with E-state index in [1.165, 1.54) is 0 Å². The number of para-hydroxylation sites is 1. The first kappa shape index (κ1) is 7.56. The predicted octanol–water partition coefficient (Wildman–Crippen LogP) is 0.811. The van der Waals surface area contributed by atoms with Gasteiger partial charge in [-0.15, -0.1) is 0 Å². The van der Waals surface area contributed by atoms with E-state index in [0.717, 1.165) is 17.1 Å². The topological polar surface area (TPSA) is 26.0 Å². The molecule has 0 unspecified atom stereocenters. The third kappa shape index (κ3) is 1.00. The van der Waals surface area contributed by atoms with Gasteiger partial charge < -0.3 is 4.65 Å². The molecular weight excluding hydrogens is 175 g/mol. The zero-order valence-corrected chi connectivity index (χ0v) is 7.42. The number of aromatic nitrogens is 2. The largest absolute Gasteiger partial charge is 0.680 e. The summed E-state index contributed by atoms with van der Waals surface area (Å²) in [6.07, 6.45) is 3.69. The van der Waals surface area contributed by atoms with Crippen LogP contribution in [0.25, 0.3) is 11.4 Å². The van der Waals surface area contributed by atoms with Crippen LogP contribution in [-0.4, -0.2) is 12.6 Å². The van der Waals surface area contributed by atoms with Gasteiger partial charge in [-0.1, -0.05) is 17.1 Å². The smallest absolute Gasteiger partial charge is 0.521 e. The zero-order chi connectivity index (χ0) is 9.38. The highest BCUT2D eigenvalue weighted by Crippen LogP contribution is 2.27. The van der Waals surface area contributed by atoms with E-state index < -0.39 is 0 Å². The second kappa shape index (κ2) is 2.84. The van der Waals surface area contributed by atoms with E-state index in [9.17, 15) is 0 Å². The number of hydrogen-bond donors (Lipinski definition) is 0. The van der Waals surface area contributed by atoms with E-state index >= 15 is 0 Å². The molecule has 1 aromatic carbocycles. The lowest BCUT2D eigenvalue weighted by Gasteiger charge is -2.12. The van der Waals surface area contributed by atoms with Crippen molar-refractivity contribution in [3.05, 3.63) is 42.7 Å². The lowest BCUT2D eigenvalue weighted by molar-refractivity contribution is -0.531. The molecule has 0 atom stereocenters. The van der Waals surface area contributed by atoms with Crippen LogP contribution in [0.2, 0.25) is 0 Å². The van der Waals surface area contributed by atoms with Crippen molar-refractivity contribution in [2.24, 2.45) is 0 Å². The average Bonchev–Trinajstić information content (AvgIpc) is 2.29. The van der Waals surface area contributed by atoms with Crippen molar-refractivity contribution in [1.29, 1.82) is 0 Å². The Morgan fingerprint density at radius 3 is 3.14 bits per heavy atom. The Bertz CT molecular complexity index is 442. The summed E-state index contributed by atoms with van der Waals surface area (Å²) in [6, 6.07) is 9.74. The van der Waals surface area contributed by atoms with E-state index in [2.05, 4.69) is 4.98 Å². The molecular formula is C10H7BN2O+. The van der Waals surface area contributed by atoms with Crippen molar-refractivity contribution >= 4 is 7.62 Å². The summed E-state index contributed by atoms with van der Waals surface area (Å²) in [5, 5.41) is 0. The molecule has 3 nitrogen and oxygen atoms in total. The Labute approximate surface area is 82.3 Å². The molecule has 4 heteroatoms. The van der Waals surface area contributed by atoms with E-state index in [-0.39, 0.29) is 0 Å². The molecule has 1 aliphatic rings. The SMILES string of the molecule is [B]1Oc2ccccc2-c2nccc[n+]21. The van der Waals surface area contributed by atoms with Gasteiger partial charge in [0.15, 0.2) is 0 Å². The second-order valence-corrected chi connectivity index (χ2v) is 3.07. The highest BCUT2D eigenvalue weighted by atomic mass is 16.4. The molecule has 2 heterocycles. The third-order valence-electron chi connectivity index (χ3n) is 2.20. The minimum absolute atomic E-state index is 0.853. The number of hydrogen-bond acceptors (Lipinski definition) is 2. The summed E-state index contributed by atoms with van der Waals surface area (Å²) in [4.78, 5) is 4.31. The van der Waals surface area contributed by atoms with Crippen LogP contribution in [0, 0.1) is 0 Å². The van der Waals surface area contributed by atoms with Crippen molar-refractivity contribution in [3.8, 4) is 17.1 Å². The molecule has 0 amide bonds. The fourth-order valence-corrected chi connectivity index (χ4v) is 1.54. The summed E-state index contributed by atoms with van der Waals surface area (Å²) in [7, 11) is 1.66. The quantitative estimate of drug-likeness (QED) is 0.563. The van der Waals surface area contributed by atoms with Gasteiger partial charge in [0, 0.05) is 6.07 Å². The third-order valence-corrected chi connectivity index (χ3v) is 2.20. The number of fused-ring (bicyclic) bond motifs is 3. The van der Waals surface area contributed by atoms with E-state index in [1.807, 2.05) is 41.0 Å². The van der Waals surface area contributed by atoms with Crippen LogP contribution >= 0.6 is 0 Å². The van der Waals surface area contributed by atoms with Crippen molar-refractivity contribution in [3.63, 3.8) is 0 Å². The molecule has 1 aliphatic heterocycles. The molecule has 0 saturated carbocycles. The number of benzene rings is 1. The maximum Gasteiger partial charge on any atom is 0.680 e. The van der Waals surface area contributed by atoms with E-state index in [1.54, 1.807) is 13.8 Å². The summed E-state index contributed by atoms with van der Waals surface area (Å²) in [5.74, 6) is 1.76. The molecule has 0 N–H and O–H groups in total. The highest BCUT2D eigenvalue weighted by molar-refractivity contribution is 6.18. The standard InChI is InChI=1S/C10H7BN2O/c1-2-5-9-8(4-1)10-12-6-3-7-13(10)11-14-9/h1-7H/q+1. The lowest BCUT2D eigenvalue weighted by Crippen LogP contribution is -2.48. The van der Waals surface area contributed by atoms with Crippen LogP contribution in [0.4, 0.5) is 0 Å². The van der Waals surface area contributed by atoms with Gasteiger partial charge in [-0.3, -0.25) is 4.48 Å². The minimum atomic E-state index is 0.853. The zero-order valence-electron chi connectivity index (χ0n) is 7.42. The molecule has 0 saturated heterocycles. The van der Waals surface area contributed by atoms with Gasteiger partial charge in [-0.25, -0.2) is 0 Å². The maximum absolute atomic E-state index is 5.45. The molecule has 0 bridgehead atoms. The minimum Gasteiger partial charge on any atom is -0.521 e. The highest BCUT2D eigenvalue weighted by Gasteiger charge is 2.26. The monoisotopic (exact) mass is 182 g/mol. The van der Waals surface area contributed by atoms with Crippen LogP contribution in [0.3, 0.4) is 0 Å². The first-order valence-corrected chi connectivity index (χ1v) is 4.41. The predicted molar refractivity (Wildman–Crippen MR) is 51.6 cm³/mol. The summed E-state index contributed by atoms with van der Waals surface area (Å²) >= 11 is 0. The van der Waals surface area contributed by atoms with Gasteiger partial charge in [0.25, 0.3) is 0 Å². The Morgan fingerprint density at radius 1 is 1.21 bits per heavy atom. The Balaban J connectivity index is 2.29. The Morgan fingerprint density at radius 2 is 2.14 bits per heavy atom. The summed E-state index contributed by atoms with van der Waals surface area (Å²) in [6.45, 7) is 0. The average molecular weight is 182 g/mol. The molecule has 14 heavy (non-hydrogen) atoms. The molecule has 3 rings (SSSR count). The van der Waals surface area contributed by atoms with Gasteiger partial charge >= 0.3 is 13.4 Å². The van der Waals surface area contributed by atoms with Crippen molar-refractivity contribution in [2.45, 2.75) is 0 Å². The summed E-state index contributed by atoms with van der Waals surface area (Å²) < 4.78 is 7.31. The van der Waals surface area contributed by atoms with Gasteiger partial charge in [0.2, 0.25) is 0 Å². The fraction of sp³-hybridized carbons (Fsp3) is 0. The van der Waals surface area contributed by atoms with E-state index in [4.69, 9.17) is 4.65 Å². The van der Waals surface area contributed by atoms with Gasteiger partial charge in [-0.2, -0.15) is 0 Å². The molecule has 0 aliphatic carbocycles. The fourth-order valence-electron chi connectivity index (χ4n) is 1.54. The van der Waals surface area contributed by atoms with Crippen LogP contribution < -0.4 is 9.13 Å². The molecule has 0 spiro atoms. The summed E-state index contributed by atoms with van der Waals surface area (Å²) in [5.41, 5.74) is 1.02. The van der Waals surface area contributed by atoms with Crippen LogP contribution in [0.5, 0.6) is 5.75 Å². The maximum atomic E-state index is 5.45. The van der Waals surface area contributed by atoms with Gasteiger partial charge in [-0.05, 0) is 12.1 Å². The Kier molecular flexibility index (Phi) is 1.53. The van der Waals surface area contributed by atoms with Crippen molar-refractivity contribution < 1.29 is 9.13 Å². The number of rotatable bonds is 0. The first-order valence-electron chi connectivity index (χ1n) is 4.41. The Hall–Kier alpha value is -1.84. The lowest BCUT2D eigenvalue weighted by atomic mass is 10.1. The van der Waals surface area contributed by atoms with Crippen LogP contribution in [0.15, 0.2) is 42.7 Å². The van der Waals surface area contributed by atoms with Crippen LogP contribution in [0.1, 0.15) is 0 Å². The van der Waals surface area contributed by atoms with Crippen molar-refractivity contribution in [2.75, 3.05) is 0 Å². The van der Waals surface area contributed by atoms with E-state index in [0.29, 0.717) is 0 Å². The normalized spacial score (nSPS) is 12.0. The van der Waals surface area contributed by atoms with Crippen molar-refractivity contribution in [1.82, 2.24) is 4.98 Å². The van der Waals surface area contributed by atoms with Gasteiger partial charge in [0.1, 0.15) is 17.5 Å². The molecule has 0 fully saturated rings. The second-order valence-electron chi connectivity index (χ2n) is 3.07.